The predicted molar refractivity (Wildman–Crippen MR) is 54.9 cm³/mol. The van der Waals surface area contributed by atoms with Gasteiger partial charge in [0.05, 0.1) is 0 Å². The molecule has 0 aromatic carbocycles. The molecule has 0 aromatic heterocycles. The molecule has 0 radical (unpaired) electrons. The van der Waals surface area contributed by atoms with Crippen LogP contribution in [0.25, 0.3) is 0 Å². The molecule has 1 nitrogen and oxygen atoms in total. The van der Waals surface area contributed by atoms with Crippen molar-refractivity contribution >= 4 is 0 Å². The van der Waals surface area contributed by atoms with Gasteiger partial charge in [0.25, 0.3) is 5.92 Å². The molecule has 1 saturated heterocycles. The fourth-order valence-electron chi connectivity index (χ4n) is 4.10. The van der Waals surface area contributed by atoms with E-state index in [1.54, 1.807) is 0 Å². The van der Waals surface area contributed by atoms with E-state index in [1.807, 2.05) is 0 Å². The highest BCUT2D eigenvalue weighted by molar-refractivity contribution is 5.21. The molecule has 2 saturated carbocycles. The Hall–Kier alpha value is -0.180. The van der Waals surface area contributed by atoms with Crippen molar-refractivity contribution in [2.45, 2.75) is 44.4 Å². The average Bonchev–Trinajstić information content (AvgIpc) is 2.63. The Bertz CT molecular complexity index is 252. The molecule has 3 heteroatoms. The Morgan fingerprint density at radius 3 is 2.20 bits per heavy atom. The van der Waals surface area contributed by atoms with E-state index in [4.69, 9.17) is 0 Å². The van der Waals surface area contributed by atoms with Crippen molar-refractivity contribution in [1.29, 1.82) is 0 Å². The second kappa shape index (κ2) is 3.16. The van der Waals surface area contributed by atoms with E-state index >= 15 is 0 Å². The molecule has 86 valence electrons. The smallest absolute Gasteiger partial charge is 0.258 e. The van der Waals surface area contributed by atoms with Crippen LogP contribution in [0.4, 0.5) is 8.78 Å². The van der Waals surface area contributed by atoms with Crippen molar-refractivity contribution in [1.82, 2.24) is 5.32 Å². The highest BCUT2D eigenvalue weighted by Crippen LogP contribution is 2.74. The summed E-state index contributed by atoms with van der Waals surface area (Å²) in [5.41, 5.74) is -0.590. The highest BCUT2D eigenvalue weighted by Gasteiger charge is 2.80. The van der Waals surface area contributed by atoms with Gasteiger partial charge in [-0.1, -0.05) is 12.8 Å². The summed E-state index contributed by atoms with van der Waals surface area (Å²) in [6.07, 6.45) is 5.84. The van der Waals surface area contributed by atoms with Crippen LogP contribution in [0, 0.1) is 17.3 Å². The minimum Gasteiger partial charge on any atom is -0.317 e. The summed E-state index contributed by atoms with van der Waals surface area (Å²) in [4.78, 5) is 0. The molecule has 1 spiro atoms. The summed E-state index contributed by atoms with van der Waals surface area (Å²) in [7, 11) is 0. The van der Waals surface area contributed by atoms with Crippen LogP contribution in [0.5, 0.6) is 0 Å². The van der Waals surface area contributed by atoms with Gasteiger partial charge in [0.15, 0.2) is 0 Å². The van der Waals surface area contributed by atoms with Crippen molar-refractivity contribution in [3.05, 3.63) is 0 Å². The second-order valence-electron chi connectivity index (χ2n) is 5.55. The molecule has 1 unspecified atom stereocenters. The van der Waals surface area contributed by atoms with Gasteiger partial charge in [-0.15, -0.1) is 0 Å². The number of piperidine rings is 1. The van der Waals surface area contributed by atoms with Crippen molar-refractivity contribution in [3.63, 3.8) is 0 Å². The summed E-state index contributed by atoms with van der Waals surface area (Å²) >= 11 is 0. The molecule has 1 aliphatic heterocycles. The minimum absolute atomic E-state index is 0.269. The summed E-state index contributed by atoms with van der Waals surface area (Å²) < 4.78 is 27.9. The van der Waals surface area contributed by atoms with Gasteiger partial charge in [-0.25, -0.2) is 8.78 Å². The third-order valence-corrected chi connectivity index (χ3v) is 4.93. The first-order valence-corrected chi connectivity index (χ1v) is 6.27. The Balaban J connectivity index is 1.78. The van der Waals surface area contributed by atoms with E-state index in [-0.39, 0.29) is 5.92 Å². The van der Waals surface area contributed by atoms with Crippen LogP contribution >= 0.6 is 0 Å². The molecule has 3 rings (SSSR count). The maximum absolute atomic E-state index is 14.0. The second-order valence-corrected chi connectivity index (χ2v) is 5.55. The standard InChI is InChI=1S/C12H19F2N/c13-12(14)10(9-3-1-2-4-9)11(12)5-7-15-8-6-11/h9-10,15H,1-8H2. The maximum Gasteiger partial charge on any atom is 0.258 e. The highest BCUT2D eigenvalue weighted by atomic mass is 19.3. The average molecular weight is 215 g/mol. The van der Waals surface area contributed by atoms with Gasteiger partial charge in [-0.05, 0) is 44.7 Å². The van der Waals surface area contributed by atoms with Crippen LogP contribution < -0.4 is 5.32 Å². The van der Waals surface area contributed by atoms with Crippen molar-refractivity contribution in [2.75, 3.05) is 13.1 Å². The molecule has 3 fully saturated rings. The van der Waals surface area contributed by atoms with Crippen LogP contribution in [0.15, 0.2) is 0 Å². The lowest BCUT2D eigenvalue weighted by atomic mass is 9.86. The first kappa shape index (κ1) is 10.0. The molecule has 1 heterocycles. The molecular formula is C12H19F2N. The quantitative estimate of drug-likeness (QED) is 0.709. The molecule has 1 atom stereocenters. The Morgan fingerprint density at radius 2 is 1.60 bits per heavy atom. The van der Waals surface area contributed by atoms with Gasteiger partial charge >= 0.3 is 0 Å². The lowest BCUT2D eigenvalue weighted by Crippen LogP contribution is -2.32. The summed E-state index contributed by atoms with van der Waals surface area (Å²) in [6.45, 7) is 1.58. The topological polar surface area (TPSA) is 12.0 Å². The van der Waals surface area contributed by atoms with Crippen molar-refractivity contribution in [2.24, 2.45) is 17.3 Å². The third kappa shape index (κ3) is 1.22. The Kier molecular flexibility index (Phi) is 2.11. The monoisotopic (exact) mass is 215 g/mol. The largest absolute Gasteiger partial charge is 0.317 e. The van der Waals surface area contributed by atoms with E-state index in [9.17, 15) is 8.78 Å². The normalized spacial score (nSPS) is 38.4. The van der Waals surface area contributed by atoms with Crippen LogP contribution in [0.1, 0.15) is 38.5 Å². The SMILES string of the molecule is FC1(F)C(C2CCCC2)C12CCNCC2. The van der Waals surface area contributed by atoms with E-state index in [2.05, 4.69) is 5.32 Å². The molecule has 2 aliphatic carbocycles. The van der Waals surface area contributed by atoms with Crippen LogP contribution in [0.3, 0.4) is 0 Å². The number of halogens is 2. The predicted octanol–water partition coefficient (Wildman–Crippen LogP) is 2.81. The zero-order chi connectivity index (χ0) is 10.5. The van der Waals surface area contributed by atoms with Gasteiger partial charge < -0.3 is 5.32 Å². The molecule has 0 amide bonds. The van der Waals surface area contributed by atoms with Crippen molar-refractivity contribution in [3.8, 4) is 0 Å². The molecule has 3 aliphatic rings. The molecule has 0 aromatic rings. The first-order valence-electron chi connectivity index (χ1n) is 6.27. The third-order valence-electron chi connectivity index (χ3n) is 4.93. The number of alkyl halides is 2. The van der Waals surface area contributed by atoms with E-state index in [1.165, 1.54) is 12.8 Å². The number of nitrogens with one attached hydrogen (secondary N) is 1. The summed E-state index contributed by atoms with van der Waals surface area (Å²) in [6, 6.07) is 0. The van der Waals surface area contributed by atoms with Crippen LogP contribution in [0.2, 0.25) is 0 Å². The Labute approximate surface area is 89.6 Å². The summed E-state index contributed by atoms with van der Waals surface area (Å²) in [5.74, 6) is -2.28. The lowest BCUT2D eigenvalue weighted by molar-refractivity contribution is 0.0429. The number of rotatable bonds is 1. The molecule has 1 N–H and O–H groups in total. The molecule has 0 bridgehead atoms. The van der Waals surface area contributed by atoms with Gasteiger partial charge in [0.2, 0.25) is 0 Å². The van der Waals surface area contributed by atoms with Crippen molar-refractivity contribution < 1.29 is 8.78 Å². The zero-order valence-corrected chi connectivity index (χ0v) is 9.07. The minimum atomic E-state index is -2.34. The van der Waals surface area contributed by atoms with Gasteiger partial charge in [0.1, 0.15) is 0 Å². The lowest BCUT2D eigenvalue weighted by Gasteiger charge is -2.23. The van der Waals surface area contributed by atoms with Crippen LogP contribution in [-0.4, -0.2) is 19.0 Å². The zero-order valence-electron chi connectivity index (χ0n) is 9.07. The molecular weight excluding hydrogens is 196 g/mol. The van der Waals surface area contributed by atoms with E-state index in [0.29, 0.717) is 18.8 Å². The molecule has 15 heavy (non-hydrogen) atoms. The van der Waals surface area contributed by atoms with Gasteiger partial charge in [-0.3, -0.25) is 0 Å². The maximum atomic E-state index is 14.0. The fraction of sp³-hybridized carbons (Fsp3) is 1.00. The van der Waals surface area contributed by atoms with Crippen LogP contribution in [-0.2, 0) is 0 Å². The van der Waals surface area contributed by atoms with E-state index in [0.717, 1.165) is 25.9 Å². The Morgan fingerprint density at radius 1 is 1.00 bits per heavy atom. The fourth-order valence-corrected chi connectivity index (χ4v) is 4.10. The number of hydrogen-bond donors (Lipinski definition) is 1. The van der Waals surface area contributed by atoms with E-state index < -0.39 is 11.3 Å². The van der Waals surface area contributed by atoms with Gasteiger partial charge in [0, 0.05) is 11.3 Å². The first-order chi connectivity index (χ1) is 7.18. The summed E-state index contributed by atoms with van der Waals surface area (Å²) in [5, 5.41) is 3.20. The van der Waals surface area contributed by atoms with Gasteiger partial charge in [-0.2, -0.15) is 0 Å². The number of hydrogen-bond acceptors (Lipinski definition) is 1.